The van der Waals surface area contributed by atoms with Crippen LogP contribution in [-0.2, 0) is 5.92 Å². The predicted molar refractivity (Wildman–Crippen MR) is 117 cm³/mol. The first-order valence-corrected chi connectivity index (χ1v) is 10.0. The number of methoxy groups -OCH3 is 1. The van der Waals surface area contributed by atoms with Crippen LogP contribution >= 0.6 is 0 Å². The van der Waals surface area contributed by atoms with E-state index in [9.17, 15) is 13.6 Å². The third-order valence-electron chi connectivity index (χ3n) is 5.00. The largest absolute Gasteiger partial charge is 0.481 e. The van der Waals surface area contributed by atoms with E-state index in [-0.39, 0.29) is 11.4 Å². The van der Waals surface area contributed by atoms with Gasteiger partial charge in [-0.3, -0.25) is 10.2 Å². The van der Waals surface area contributed by atoms with E-state index in [0.29, 0.717) is 48.2 Å². The van der Waals surface area contributed by atoms with E-state index >= 15 is 0 Å². The first-order valence-electron chi connectivity index (χ1n) is 10.0. The molecule has 0 radical (unpaired) electrons. The van der Waals surface area contributed by atoms with Crippen molar-refractivity contribution in [3.63, 3.8) is 0 Å². The summed E-state index contributed by atoms with van der Waals surface area (Å²) in [5.74, 6) is -1.95. The SMILES string of the molecule is COc1cc(NC(=O)N2CCCNc3ccc(-c4cccc(C(C)(F)F)c4)nc32)ncn1. The molecule has 0 fully saturated rings. The minimum absolute atomic E-state index is 0.0998. The number of anilines is 3. The van der Waals surface area contributed by atoms with Gasteiger partial charge in [-0.25, -0.2) is 28.5 Å². The van der Waals surface area contributed by atoms with E-state index in [4.69, 9.17) is 4.74 Å². The van der Waals surface area contributed by atoms with Crippen molar-refractivity contribution >= 4 is 23.4 Å². The molecule has 2 aromatic heterocycles. The van der Waals surface area contributed by atoms with Gasteiger partial charge < -0.3 is 10.1 Å². The number of alkyl halides is 2. The van der Waals surface area contributed by atoms with Gasteiger partial charge in [-0.15, -0.1) is 0 Å². The Bertz CT molecular complexity index is 1140. The molecule has 8 nitrogen and oxygen atoms in total. The number of amides is 2. The van der Waals surface area contributed by atoms with E-state index in [1.807, 2.05) is 0 Å². The zero-order valence-electron chi connectivity index (χ0n) is 17.6. The highest BCUT2D eigenvalue weighted by Gasteiger charge is 2.26. The lowest BCUT2D eigenvalue weighted by Gasteiger charge is -2.22. The fourth-order valence-corrected chi connectivity index (χ4v) is 3.36. The number of urea groups is 1. The number of nitrogens with one attached hydrogen (secondary N) is 2. The topological polar surface area (TPSA) is 92.3 Å². The van der Waals surface area contributed by atoms with Gasteiger partial charge in [0, 0.05) is 37.2 Å². The van der Waals surface area contributed by atoms with Crippen molar-refractivity contribution in [1.82, 2.24) is 15.0 Å². The van der Waals surface area contributed by atoms with Crippen LogP contribution < -0.4 is 20.3 Å². The molecule has 2 amide bonds. The number of nitrogens with zero attached hydrogens (tertiary/aromatic N) is 4. The molecule has 1 aromatic carbocycles. The number of carbonyl (C=O) groups is 1. The number of fused-ring (bicyclic) bond motifs is 1. The Balaban J connectivity index is 1.67. The highest BCUT2D eigenvalue weighted by Crippen LogP contribution is 2.33. The number of ether oxygens (including phenoxy) is 1. The summed E-state index contributed by atoms with van der Waals surface area (Å²) < 4.78 is 32.7. The van der Waals surface area contributed by atoms with E-state index in [0.717, 1.165) is 6.92 Å². The zero-order valence-corrected chi connectivity index (χ0v) is 17.6. The zero-order chi connectivity index (χ0) is 22.7. The normalized spacial score (nSPS) is 13.6. The molecule has 1 aliphatic rings. The monoisotopic (exact) mass is 440 g/mol. The third-order valence-corrected chi connectivity index (χ3v) is 5.00. The van der Waals surface area contributed by atoms with Crippen LogP contribution in [0.25, 0.3) is 11.3 Å². The lowest BCUT2D eigenvalue weighted by Crippen LogP contribution is -2.36. The summed E-state index contributed by atoms with van der Waals surface area (Å²) in [6, 6.07) is 10.7. The average molecular weight is 440 g/mol. The van der Waals surface area contributed by atoms with Gasteiger partial charge in [0.25, 0.3) is 5.92 Å². The fourth-order valence-electron chi connectivity index (χ4n) is 3.36. The number of hydrogen-bond acceptors (Lipinski definition) is 6. The number of halogens is 2. The molecule has 0 bridgehead atoms. The molecule has 1 aliphatic heterocycles. The number of carbonyl (C=O) groups excluding carboxylic acids is 1. The standard InChI is InChI=1S/C22H22F2N6O2/c1-22(23,24)15-6-3-5-14(11-15)16-7-8-17-20(28-16)30(10-4-9-25-17)21(31)29-18-12-19(32-2)27-13-26-18/h3,5-8,11-13,25H,4,9-10H2,1-2H3,(H,26,27,29,31). The molecule has 0 unspecified atom stereocenters. The van der Waals surface area contributed by atoms with Gasteiger partial charge in [-0.2, -0.15) is 0 Å². The Hall–Kier alpha value is -3.82. The molecule has 4 rings (SSSR count). The Labute approximate surface area is 183 Å². The molecule has 0 atom stereocenters. The van der Waals surface area contributed by atoms with Crippen LogP contribution in [0.3, 0.4) is 0 Å². The highest BCUT2D eigenvalue weighted by molar-refractivity contribution is 6.02. The van der Waals surface area contributed by atoms with Crippen molar-refractivity contribution < 1.29 is 18.3 Å². The van der Waals surface area contributed by atoms with Crippen LogP contribution in [0.1, 0.15) is 18.9 Å². The Morgan fingerprint density at radius 1 is 1.22 bits per heavy atom. The lowest BCUT2D eigenvalue weighted by atomic mass is 10.0. The van der Waals surface area contributed by atoms with Crippen molar-refractivity contribution in [2.24, 2.45) is 0 Å². The van der Waals surface area contributed by atoms with E-state index in [2.05, 4.69) is 25.6 Å². The highest BCUT2D eigenvalue weighted by atomic mass is 19.3. The summed E-state index contributed by atoms with van der Waals surface area (Å²) in [7, 11) is 1.47. The van der Waals surface area contributed by atoms with Crippen LogP contribution in [0.5, 0.6) is 5.88 Å². The van der Waals surface area contributed by atoms with Gasteiger partial charge in [-0.1, -0.05) is 18.2 Å². The minimum atomic E-state index is -2.96. The first-order chi connectivity index (χ1) is 15.3. The molecule has 0 spiro atoms. The number of hydrogen-bond donors (Lipinski definition) is 2. The lowest BCUT2D eigenvalue weighted by molar-refractivity contribution is 0.0175. The Morgan fingerprint density at radius 3 is 2.84 bits per heavy atom. The van der Waals surface area contributed by atoms with Gasteiger partial charge in [-0.05, 0) is 24.6 Å². The second-order valence-electron chi connectivity index (χ2n) is 7.34. The van der Waals surface area contributed by atoms with Crippen LogP contribution in [0.15, 0.2) is 48.8 Å². The predicted octanol–water partition coefficient (Wildman–Crippen LogP) is 4.51. The maximum atomic E-state index is 13.8. The average Bonchev–Trinajstić information content (AvgIpc) is 3.01. The first kappa shape index (κ1) is 21.4. The summed E-state index contributed by atoms with van der Waals surface area (Å²) >= 11 is 0. The second kappa shape index (κ2) is 8.74. The van der Waals surface area contributed by atoms with Gasteiger partial charge in [0.05, 0.1) is 18.5 Å². The molecular formula is C22H22F2N6O2. The summed E-state index contributed by atoms with van der Waals surface area (Å²) in [6.45, 7) is 1.93. The van der Waals surface area contributed by atoms with Crippen molar-refractivity contribution in [2.75, 3.05) is 35.7 Å². The Morgan fingerprint density at radius 2 is 2.06 bits per heavy atom. The quantitative estimate of drug-likeness (QED) is 0.620. The molecule has 10 heteroatoms. The van der Waals surface area contributed by atoms with Crippen LogP contribution in [0.4, 0.5) is 30.9 Å². The van der Waals surface area contributed by atoms with Gasteiger partial charge >= 0.3 is 6.03 Å². The number of aromatic nitrogens is 3. The third kappa shape index (κ3) is 4.58. The summed E-state index contributed by atoms with van der Waals surface area (Å²) in [5.41, 5.74) is 1.60. The van der Waals surface area contributed by atoms with E-state index in [1.54, 1.807) is 24.3 Å². The fraction of sp³-hybridized carbons (Fsp3) is 0.273. The van der Waals surface area contributed by atoms with Crippen LogP contribution in [-0.4, -0.2) is 41.2 Å². The molecule has 2 N–H and O–H groups in total. The number of pyridine rings is 1. The molecule has 3 heterocycles. The summed E-state index contributed by atoms with van der Waals surface area (Å²) in [5, 5.41) is 5.99. The number of rotatable bonds is 4. The molecule has 0 saturated carbocycles. The molecule has 0 saturated heterocycles. The van der Waals surface area contributed by atoms with Crippen LogP contribution in [0, 0.1) is 0 Å². The molecule has 3 aromatic rings. The van der Waals surface area contributed by atoms with Crippen molar-refractivity contribution in [1.29, 1.82) is 0 Å². The van der Waals surface area contributed by atoms with Crippen LogP contribution in [0.2, 0.25) is 0 Å². The Kier molecular flexibility index (Phi) is 5.85. The molecule has 32 heavy (non-hydrogen) atoms. The van der Waals surface area contributed by atoms with Crippen molar-refractivity contribution in [2.45, 2.75) is 19.3 Å². The van der Waals surface area contributed by atoms with Crippen molar-refractivity contribution in [3.05, 3.63) is 54.4 Å². The smallest absolute Gasteiger partial charge is 0.328 e. The maximum absolute atomic E-state index is 13.8. The summed E-state index contributed by atoms with van der Waals surface area (Å²) in [4.78, 5) is 27.2. The minimum Gasteiger partial charge on any atom is -0.481 e. The molecule has 0 aliphatic carbocycles. The van der Waals surface area contributed by atoms with Gasteiger partial charge in [0.15, 0.2) is 5.82 Å². The maximum Gasteiger partial charge on any atom is 0.328 e. The van der Waals surface area contributed by atoms with E-state index in [1.165, 1.54) is 36.5 Å². The molecular weight excluding hydrogens is 418 g/mol. The second-order valence-corrected chi connectivity index (χ2v) is 7.34. The van der Waals surface area contributed by atoms with Gasteiger partial charge in [0.2, 0.25) is 5.88 Å². The van der Waals surface area contributed by atoms with E-state index < -0.39 is 12.0 Å². The van der Waals surface area contributed by atoms with Gasteiger partial charge in [0.1, 0.15) is 12.1 Å². The molecule has 166 valence electrons. The van der Waals surface area contributed by atoms with Crippen molar-refractivity contribution in [3.8, 4) is 17.1 Å². The summed E-state index contributed by atoms with van der Waals surface area (Å²) in [6.07, 6.45) is 1.99. The number of benzene rings is 1.